The van der Waals surface area contributed by atoms with Crippen molar-refractivity contribution in [2.75, 3.05) is 18.5 Å². The van der Waals surface area contributed by atoms with Crippen molar-refractivity contribution in [1.82, 2.24) is 15.6 Å². The van der Waals surface area contributed by atoms with Crippen LogP contribution in [-0.2, 0) is 0 Å². The lowest BCUT2D eigenvalue weighted by Crippen LogP contribution is -2.37. The van der Waals surface area contributed by atoms with Crippen LogP contribution >= 0.6 is 0 Å². The van der Waals surface area contributed by atoms with E-state index in [1.165, 1.54) is 12.3 Å². The van der Waals surface area contributed by atoms with Crippen LogP contribution < -0.4 is 16.0 Å². The second kappa shape index (κ2) is 10.0. The molecule has 10 heteroatoms. The minimum absolute atomic E-state index is 0.0356. The van der Waals surface area contributed by atoms with Gasteiger partial charge in [0.05, 0.1) is 24.1 Å². The molecule has 1 aliphatic rings. The fraction of sp³-hybridized carbons (Fsp3) is 0.458. The quantitative estimate of drug-likeness (QED) is 0.439. The summed E-state index contributed by atoms with van der Waals surface area (Å²) in [6, 6.07) is 6.94. The smallest absolute Gasteiger partial charge is 0.390 e. The first-order valence-corrected chi connectivity index (χ1v) is 11.0. The van der Waals surface area contributed by atoms with Gasteiger partial charge in [0.2, 0.25) is 0 Å². The number of aryl methyl sites for hydroxylation is 1. The van der Waals surface area contributed by atoms with Crippen LogP contribution in [0.25, 0.3) is 11.1 Å². The maximum absolute atomic E-state index is 12.8. The number of benzene rings is 1. The van der Waals surface area contributed by atoms with Crippen LogP contribution in [0.4, 0.5) is 19.0 Å². The van der Waals surface area contributed by atoms with E-state index < -0.39 is 30.6 Å². The van der Waals surface area contributed by atoms with Crippen molar-refractivity contribution in [3.8, 4) is 11.1 Å². The van der Waals surface area contributed by atoms with Crippen LogP contribution in [0.3, 0.4) is 0 Å². The van der Waals surface area contributed by atoms with E-state index in [0.717, 1.165) is 18.4 Å². The third-order valence-corrected chi connectivity index (χ3v) is 5.40. The Hall–Kier alpha value is -3.14. The highest BCUT2D eigenvalue weighted by atomic mass is 19.4. The molecule has 1 aromatic heterocycles. The number of aliphatic hydroxyl groups excluding tert-OH is 1. The molecule has 0 radical (unpaired) electrons. The monoisotopic (exact) mass is 478 g/mol. The highest BCUT2D eigenvalue weighted by Crippen LogP contribution is 2.29. The number of amides is 2. The number of nitrogens with one attached hydrogen (secondary N) is 3. The summed E-state index contributed by atoms with van der Waals surface area (Å²) in [6.45, 7) is 4.40. The largest absolute Gasteiger partial charge is 0.394 e. The summed E-state index contributed by atoms with van der Waals surface area (Å²) < 4.78 is 37.6. The van der Waals surface area contributed by atoms with E-state index in [1.54, 1.807) is 32.0 Å². The Morgan fingerprint density at radius 2 is 1.85 bits per heavy atom. The molecule has 1 aliphatic carbocycles. The van der Waals surface area contributed by atoms with Crippen molar-refractivity contribution >= 4 is 17.6 Å². The standard InChI is InChI=1S/C24H29F3N4O3/c1-14-4-5-15(21(33)30-17-6-7-17)10-18(14)16-11-19(22(34)28-9-8-24(25,26)27)20(29-12-16)31-23(2,3)13-32/h4-5,10-12,17,32H,6-9,13H2,1-3H3,(H,28,34)(H,29,31)(H,30,33). The number of alkyl halides is 3. The van der Waals surface area contributed by atoms with E-state index in [1.807, 2.05) is 6.92 Å². The number of aromatic nitrogens is 1. The predicted molar refractivity (Wildman–Crippen MR) is 123 cm³/mol. The van der Waals surface area contributed by atoms with Crippen LogP contribution in [0, 0.1) is 6.92 Å². The zero-order valence-electron chi connectivity index (χ0n) is 19.3. The molecule has 3 rings (SSSR count). The van der Waals surface area contributed by atoms with E-state index in [-0.39, 0.29) is 29.9 Å². The number of carbonyl (C=O) groups is 2. The SMILES string of the molecule is Cc1ccc(C(=O)NC2CC2)cc1-c1cnc(NC(C)(C)CO)c(C(=O)NCCC(F)(F)F)c1. The summed E-state index contributed by atoms with van der Waals surface area (Å²) in [5.41, 5.74) is 1.72. The fourth-order valence-corrected chi connectivity index (χ4v) is 3.23. The number of anilines is 1. The molecule has 1 fully saturated rings. The number of hydrogen-bond acceptors (Lipinski definition) is 5. The molecule has 0 unspecified atom stereocenters. The average Bonchev–Trinajstić information content (AvgIpc) is 3.57. The second-order valence-electron chi connectivity index (χ2n) is 9.19. The summed E-state index contributed by atoms with van der Waals surface area (Å²) in [4.78, 5) is 29.6. The van der Waals surface area contributed by atoms with Gasteiger partial charge in [-0.3, -0.25) is 9.59 Å². The topological polar surface area (TPSA) is 103 Å². The van der Waals surface area contributed by atoms with Gasteiger partial charge in [0.1, 0.15) is 5.82 Å². The van der Waals surface area contributed by atoms with Gasteiger partial charge in [-0.1, -0.05) is 6.07 Å². The number of halogens is 3. The van der Waals surface area contributed by atoms with Gasteiger partial charge in [-0.15, -0.1) is 0 Å². The molecular formula is C24H29F3N4O3. The van der Waals surface area contributed by atoms with Gasteiger partial charge >= 0.3 is 6.18 Å². The number of nitrogens with zero attached hydrogens (tertiary/aromatic N) is 1. The molecule has 34 heavy (non-hydrogen) atoms. The number of pyridine rings is 1. The second-order valence-corrected chi connectivity index (χ2v) is 9.19. The molecule has 0 bridgehead atoms. The first-order valence-electron chi connectivity index (χ1n) is 11.0. The Kier molecular flexibility index (Phi) is 7.50. The Morgan fingerprint density at radius 1 is 1.15 bits per heavy atom. The number of hydrogen-bond donors (Lipinski definition) is 4. The van der Waals surface area contributed by atoms with Crippen LogP contribution in [0.1, 0.15) is 59.4 Å². The van der Waals surface area contributed by atoms with E-state index in [4.69, 9.17) is 0 Å². The van der Waals surface area contributed by atoms with E-state index >= 15 is 0 Å². The number of carbonyl (C=O) groups excluding carboxylic acids is 2. The summed E-state index contributed by atoms with van der Waals surface area (Å²) in [5, 5.41) is 17.8. The van der Waals surface area contributed by atoms with Gasteiger partial charge in [-0.05, 0) is 62.9 Å². The molecule has 0 atom stereocenters. The van der Waals surface area contributed by atoms with Crippen LogP contribution in [0.2, 0.25) is 0 Å². The summed E-state index contributed by atoms with van der Waals surface area (Å²) in [5.74, 6) is -0.785. The third kappa shape index (κ3) is 6.93. The molecule has 4 N–H and O–H groups in total. The van der Waals surface area contributed by atoms with E-state index in [0.29, 0.717) is 16.7 Å². The number of rotatable bonds is 9. The lowest BCUT2D eigenvalue weighted by Gasteiger charge is -2.25. The first kappa shape index (κ1) is 25.5. The van der Waals surface area contributed by atoms with Gasteiger partial charge in [-0.2, -0.15) is 13.2 Å². The predicted octanol–water partition coefficient (Wildman–Crippen LogP) is 3.81. The molecule has 2 amide bonds. The highest BCUT2D eigenvalue weighted by Gasteiger charge is 2.28. The maximum atomic E-state index is 12.8. The van der Waals surface area contributed by atoms with Crippen LogP contribution in [0.15, 0.2) is 30.5 Å². The Labute approximate surface area is 196 Å². The minimum Gasteiger partial charge on any atom is -0.394 e. The van der Waals surface area contributed by atoms with Gasteiger partial charge in [-0.25, -0.2) is 4.98 Å². The first-order chi connectivity index (χ1) is 15.9. The molecular weight excluding hydrogens is 449 g/mol. The van der Waals surface area contributed by atoms with Crippen molar-refractivity contribution < 1.29 is 27.9 Å². The molecule has 2 aromatic rings. The molecule has 0 aliphatic heterocycles. The van der Waals surface area contributed by atoms with Crippen LogP contribution in [-0.4, -0.2) is 52.8 Å². The van der Waals surface area contributed by atoms with Crippen molar-refractivity contribution in [2.45, 2.75) is 57.8 Å². The van der Waals surface area contributed by atoms with Crippen molar-refractivity contribution in [3.63, 3.8) is 0 Å². The summed E-state index contributed by atoms with van der Waals surface area (Å²) in [6.07, 6.45) is -2.12. The normalized spacial score (nSPS) is 14.0. The minimum atomic E-state index is -4.40. The molecule has 1 aromatic carbocycles. The summed E-state index contributed by atoms with van der Waals surface area (Å²) in [7, 11) is 0. The highest BCUT2D eigenvalue weighted by molar-refractivity contribution is 6.00. The third-order valence-electron chi connectivity index (χ3n) is 5.40. The zero-order valence-corrected chi connectivity index (χ0v) is 19.3. The van der Waals surface area contributed by atoms with Crippen molar-refractivity contribution in [3.05, 3.63) is 47.2 Å². The fourth-order valence-electron chi connectivity index (χ4n) is 3.23. The molecule has 7 nitrogen and oxygen atoms in total. The molecule has 184 valence electrons. The molecule has 0 saturated heterocycles. The van der Waals surface area contributed by atoms with Crippen molar-refractivity contribution in [1.29, 1.82) is 0 Å². The maximum Gasteiger partial charge on any atom is 0.390 e. The number of aliphatic hydroxyl groups is 1. The van der Waals surface area contributed by atoms with Gasteiger partial charge in [0, 0.05) is 29.9 Å². The Morgan fingerprint density at radius 3 is 2.47 bits per heavy atom. The van der Waals surface area contributed by atoms with E-state index in [2.05, 4.69) is 20.9 Å². The van der Waals surface area contributed by atoms with E-state index in [9.17, 15) is 27.9 Å². The Bertz CT molecular complexity index is 1070. The van der Waals surface area contributed by atoms with Gasteiger partial charge < -0.3 is 21.1 Å². The molecule has 1 heterocycles. The van der Waals surface area contributed by atoms with Gasteiger partial charge in [0.25, 0.3) is 11.8 Å². The van der Waals surface area contributed by atoms with Crippen LogP contribution in [0.5, 0.6) is 0 Å². The van der Waals surface area contributed by atoms with Crippen molar-refractivity contribution in [2.24, 2.45) is 0 Å². The molecule has 1 saturated carbocycles. The average molecular weight is 479 g/mol. The molecule has 0 spiro atoms. The lowest BCUT2D eigenvalue weighted by atomic mass is 9.97. The van der Waals surface area contributed by atoms with Gasteiger partial charge in [0.15, 0.2) is 0 Å². The zero-order chi connectivity index (χ0) is 25.1. The lowest BCUT2D eigenvalue weighted by molar-refractivity contribution is -0.133. The Balaban J connectivity index is 1.94. The summed E-state index contributed by atoms with van der Waals surface area (Å²) >= 11 is 0.